The van der Waals surface area contributed by atoms with Crippen molar-refractivity contribution in [2.45, 2.75) is 18.7 Å². The molecule has 20 heavy (non-hydrogen) atoms. The number of hydrogen-bond acceptors (Lipinski definition) is 1. The molecule has 0 saturated carbocycles. The number of alkyl halides is 1. The van der Waals surface area contributed by atoms with Crippen LogP contribution in [-0.4, -0.2) is 7.11 Å². The van der Waals surface area contributed by atoms with E-state index >= 15 is 0 Å². The van der Waals surface area contributed by atoms with Gasteiger partial charge in [-0.1, -0.05) is 34.1 Å². The number of methoxy groups -OCH3 is 1. The Kier molecular flexibility index (Phi) is 5.07. The molecule has 2 aromatic rings. The van der Waals surface area contributed by atoms with Gasteiger partial charge in [-0.2, -0.15) is 0 Å². The quantitative estimate of drug-likeness (QED) is 0.442. The fourth-order valence-corrected chi connectivity index (χ4v) is 4.22. The highest BCUT2D eigenvalue weighted by Crippen LogP contribution is 2.37. The van der Waals surface area contributed by atoms with E-state index in [2.05, 4.69) is 50.7 Å². The van der Waals surface area contributed by atoms with Crippen molar-refractivity contribution in [1.82, 2.24) is 0 Å². The highest BCUT2D eigenvalue weighted by atomic mass is 127. The summed E-state index contributed by atoms with van der Waals surface area (Å²) in [6, 6.07) is 9.07. The summed E-state index contributed by atoms with van der Waals surface area (Å²) in [5.74, 6) is 0.710. The molecular weight excluding hydrogens is 434 g/mol. The van der Waals surface area contributed by atoms with Crippen molar-refractivity contribution >= 4 is 38.5 Å². The molecule has 0 heterocycles. The Hall–Kier alpha value is -0.620. The predicted molar refractivity (Wildman–Crippen MR) is 92.4 cm³/mol. The Morgan fingerprint density at radius 2 is 1.75 bits per heavy atom. The summed E-state index contributed by atoms with van der Waals surface area (Å²) in [6.07, 6.45) is 0. The zero-order valence-electron chi connectivity index (χ0n) is 11.5. The molecule has 0 amide bonds. The van der Waals surface area contributed by atoms with Crippen molar-refractivity contribution in [1.29, 1.82) is 0 Å². The van der Waals surface area contributed by atoms with E-state index in [1.807, 2.05) is 19.9 Å². The largest absolute Gasteiger partial charge is 0.496 e. The van der Waals surface area contributed by atoms with Crippen LogP contribution >= 0.6 is 38.5 Å². The number of benzene rings is 2. The Balaban J connectivity index is 2.45. The minimum Gasteiger partial charge on any atom is -0.496 e. The van der Waals surface area contributed by atoms with E-state index in [1.165, 1.54) is 6.07 Å². The van der Waals surface area contributed by atoms with Crippen LogP contribution in [0.5, 0.6) is 5.75 Å². The zero-order valence-corrected chi connectivity index (χ0v) is 15.2. The monoisotopic (exact) mass is 448 g/mol. The van der Waals surface area contributed by atoms with Gasteiger partial charge in [-0.3, -0.25) is 0 Å². The summed E-state index contributed by atoms with van der Waals surface area (Å²) in [5.41, 5.74) is 4.41. The Morgan fingerprint density at radius 3 is 2.25 bits per heavy atom. The number of aryl methyl sites for hydroxylation is 2. The Morgan fingerprint density at radius 1 is 1.15 bits per heavy atom. The van der Waals surface area contributed by atoms with Gasteiger partial charge in [0.1, 0.15) is 11.6 Å². The molecule has 106 valence electrons. The fourth-order valence-electron chi connectivity index (χ4n) is 2.34. The van der Waals surface area contributed by atoms with E-state index in [0.29, 0.717) is 0 Å². The van der Waals surface area contributed by atoms with E-state index in [9.17, 15) is 4.39 Å². The van der Waals surface area contributed by atoms with Gasteiger partial charge in [-0.25, -0.2) is 4.39 Å². The maximum absolute atomic E-state index is 13.2. The van der Waals surface area contributed by atoms with Crippen molar-refractivity contribution < 1.29 is 9.13 Å². The first kappa shape index (κ1) is 15.8. The van der Waals surface area contributed by atoms with E-state index < -0.39 is 0 Å². The third kappa shape index (κ3) is 3.17. The standard InChI is InChI=1S/C16H15BrFIO/c1-9-6-11(7-10(2)16(9)20-3)15(17)13-5-4-12(18)8-14(13)19/h4-8,15H,1-3H3. The molecule has 2 rings (SSSR count). The van der Waals surface area contributed by atoms with Gasteiger partial charge in [0.05, 0.1) is 11.9 Å². The van der Waals surface area contributed by atoms with Crippen molar-refractivity contribution in [2.24, 2.45) is 0 Å². The molecule has 0 bridgehead atoms. The summed E-state index contributed by atoms with van der Waals surface area (Å²) >= 11 is 5.88. The highest BCUT2D eigenvalue weighted by Gasteiger charge is 2.16. The summed E-state index contributed by atoms with van der Waals surface area (Å²) < 4.78 is 19.5. The average molecular weight is 449 g/mol. The molecule has 1 nitrogen and oxygen atoms in total. The fraction of sp³-hybridized carbons (Fsp3) is 0.250. The van der Waals surface area contributed by atoms with Crippen LogP contribution in [0.4, 0.5) is 4.39 Å². The molecule has 0 N–H and O–H groups in total. The molecule has 1 atom stereocenters. The van der Waals surface area contributed by atoms with Crippen LogP contribution in [-0.2, 0) is 0 Å². The van der Waals surface area contributed by atoms with Gasteiger partial charge in [-0.15, -0.1) is 0 Å². The molecule has 0 aliphatic heterocycles. The van der Waals surface area contributed by atoms with Crippen molar-refractivity contribution in [2.75, 3.05) is 7.11 Å². The third-order valence-electron chi connectivity index (χ3n) is 3.21. The van der Waals surface area contributed by atoms with E-state index in [-0.39, 0.29) is 10.6 Å². The van der Waals surface area contributed by atoms with Crippen molar-refractivity contribution in [3.05, 3.63) is 62.0 Å². The second kappa shape index (κ2) is 6.43. The van der Waals surface area contributed by atoms with Gasteiger partial charge < -0.3 is 4.74 Å². The summed E-state index contributed by atoms with van der Waals surface area (Å²) in [7, 11) is 1.68. The molecule has 0 aliphatic carbocycles. The second-order valence-electron chi connectivity index (χ2n) is 4.72. The molecule has 1 unspecified atom stereocenters. The van der Waals surface area contributed by atoms with Gasteiger partial charge in [0.2, 0.25) is 0 Å². The molecule has 0 spiro atoms. The molecule has 0 saturated heterocycles. The van der Waals surface area contributed by atoms with Crippen LogP contribution < -0.4 is 4.74 Å². The maximum atomic E-state index is 13.2. The third-order valence-corrected chi connectivity index (χ3v) is 5.17. The number of halogens is 3. The molecule has 0 aliphatic rings. The molecular formula is C16H15BrFIO. The average Bonchev–Trinajstić information content (AvgIpc) is 2.37. The molecule has 2 aromatic carbocycles. The maximum Gasteiger partial charge on any atom is 0.124 e. The van der Waals surface area contributed by atoms with Crippen LogP contribution in [0.15, 0.2) is 30.3 Å². The Labute approximate surface area is 140 Å². The predicted octanol–water partition coefficient (Wildman–Crippen LogP) is 5.54. The Bertz CT molecular complexity index is 619. The van der Waals surface area contributed by atoms with Gasteiger partial charge in [0.15, 0.2) is 0 Å². The summed E-state index contributed by atoms with van der Waals surface area (Å²) in [4.78, 5) is 0.0401. The van der Waals surface area contributed by atoms with E-state index in [4.69, 9.17) is 4.74 Å². The lowest BCUT2D eigenvalue weighted by molar-refractivity contribution is 0.408. The molecule has 0 fully saturated rings. The first-order valence-electron chi connectivity index (χ1n) is 6.18. The summed E-state index contributed by atoms with van der Waals surface area (Å²) in [6.45, 7) is 4.06. The van der Waals surface area contributed by atoms with Crippen molar-refractivity contribution in [3.63, 3.8) is 0 Å². The van der Waals surface area contributed by atoms with Crippen molar-refractivity contribution in [3.8, 4) is 5.75 Å². The second-order valence-corrected chi connectivity index (χ2v) is 6.79. The first-order valence-corrected chi connectivity index (χ1v) is 8.17. The van der Waals surface area contributed by atoms with E-state index in [0.717, 1.165) is 31.6 Å². The lowest BCUT2D eigenvalue weighted by Gasteiger charge is -2.16. The normalized spacial score (nSPS) is 12.3. The van der Waals surface area contributed by atoms with Gasteiger partial charge in [0.25, 0.3) is 0 Å². The van der Waals surface area contributed by atoms with Crippen LogP contribution in [0.25, 0.3) is 0 Å². The topological polar surface area (TPSA) is 9.23 Å². The first-order chi connectivity index (χ1) is 9.43. The lowest BCUT2D eigenvalue weighted by atomic mass is 9.99. The minimum absolute atomic E-state index is 0.0401. The smallest absolute Gasteiger partial charge is 0.124 e. The van der Waals surface area contributed by atoms with Crippen LogP contribution in [0.1, 0.15) is 27.1 Å². The number of rotatable bonds is 3. The van der Waals surface area contributed by atoms with Crippen LogP contribution in [0.3, 0.4) is 0 Å². The molecule has 4 heteroatoms. The number of hydrogen-bond donors (Lipinski definition) is 0. The van der Waals surface area contributed by atoms with E-state index in [1.54, 1.807) is 13.2 Å². The van der Waals surface area contributed by atoms with Gasteiger partial charge >= 0.3 is 0 Å². The van der Waals surface area contributed by atoms with Gasteiger partial charge in [-0.05, 0) is 70.8 Å². The SMILES string of the molecule is COc1c(C)cc(C(Br)c2ccc(F)cc2I)cc1C. The molecule has 0 radical (unpaired) electrons. The van der Waals surface area contributed by atoms with Crippen LogP contribution in [0, 0.1) is 23.2 Å². The highest BCUT2D eigenvalue weighted by molar-refractivity contribution is 14.1. The lowest BCUT2D eigenvalue weighted by Crippen LogP contribution is -2.00. The zero-order chi connectivity index (χ0) is 14.9. The number of ether oxygens (including phenoxy) is 1. The minimum atomic E-state index is -0.208. The van der Waals surface area contributed by atoms with Gasteiger partial charge in [0, 0.05) is 3.57 Å². The summed E-state index contributed by atoms with van der Waals surface area (Å²) in [5, 5.41) is 0. The van der Waals surface area contributed by atoms with Crippen LogP contribution in [0.2, 0.25) is 0 Å². The molecule has 0 aromatic heterocycles.